The SMILES string of the molecule is CCOc1cccc2sc(N(CCN3CCOCC3)C(=O)COc3ccccc3F)nc12. The Morgan fingerprint density at radius 2 is 1.94 bits per heavy atom. The molecule has 32 heavy (non-hydrogen) atoms. The van der Waals surface area contributed by atoms with E-state index in [4.69, 9.17) is 19.2 Å². The van der Waals surface area contributed by atoms with Gasteiger partial charge in [0.1, 0.15) is 11.3 Å². The van der Waals surface area contributed by atoms with Crippen LogP contribution in [-0.4, -0.2) is 68.4 Å². The van der Waals surface area contributed by atoms with Crippen molar-refractivity contribution >= 4 is 32.6 Å². The molecule has 0 radical (unpaired) electrons. The summed E-state index contributed by atoms with van der Waals surface area (Å²) in [5.74, 6) is -0.0346. The van der Waals surface area contributed by atoms with Crippen molar-refractivity contribution in [2.24, 2.45) is 0 Å². The molecule has 0 unspecified atom stereocenters. The van der Waals surface area contributed by atoms with E-state index in [1.54, 1.807) is 17.0 Å². The molecule has 170 valence electrons. The molecule has 2 aromatic carbocycles. The smallest absolute Gasteiger partial charge is 0.266 e. The second kappa shape index (κ2) is 10.7. The van der Waals surface area contributed by atoms with Crippen LogP contribution in [0.25, 0.3) is 10.2 Å². The Balaban J connectivity index is 1.55. The maximum absolute atomic E-state index is 13.9. The van der Waals surface area contributed by atoms with Gasteiger partial charge in [0.2, 0.25) is 0 Å². The van der Waals surface area contributed by atoms with Crippen molar-refractivity contribution in [1.29, 1.82) is 0 Å². The Hall–Kier alpha value is -2.75. The molecular formula is C23H26FN3O4S. The number of rotatable bonds is 9. The number of fused-ring (bicyclic) bond motifs is 1. The average Bonchev–Trinajstić information content (AvgIpc) is 3.24. The molecule has 1 aromatic heterocycles. The Kier molecular flexibility index (Phi) is 7.51. The summed E-state index contributed by atoms with van der Waals surface area (Å²) in [4.78, 5) is 21.7. The summed E-state index contributed by atoms with van der Waals surface area (Å²) < 4.78 is 31.4. The van der Waals surface area contributed by atoms with Crippen LogP contribution in [0.4, 0.5) is 9.52 Å². The first-order valence-corrected chi connectivity index (χ1v) is 11.5. The Bertz CT molecular complexity index is 1050. The van der Waals surface area contributed by atoms with Crippen LogP contribution in [0.2, 0.25) is 0 Å². The van der Waals surface area contributed by atoms with Crippen LogP contribution < -0.4 is 14.4 Å². The molecule has 3 aromatic rings. The largest absolute Gasteiger partial charge is 0.492 e. The second-order valence-electron chi connectivity index (χ2n) is 7.25. The maximum atomic E-state index is 13.9. The molecular weight excluding hydrogens is 433 g/mol. The minimum atomic E-state index is -0.499. The predicted molar refractivity (Wildman–Crippen MR) is 122 cm³/mol. The summed E-state index contributed by atoms with van der Waals surface area (Å²) in [6.07, 6.45) is 0. The zero-order chi connectivity index (χ0) is 22.3. The van der Waals surface area contributed by atoms with Crippen LogP contribution in [0.5, 0.6) is 11.5 Å². The van der Waals surface area contributed by atoms with Crippen molar-refractivity contribution in [1.82, 2.24) is 9.88 Å². The first-order valence-electron chi connectivity index (χ1n) is 10.7. The standard InChI is InChI=1S/C23H26FN3O4S/c1-2-30-19-8-5-9-20-22(19)25-23(32-20)27(11-10-26-12-14-29-15-13-26)21(28)16-31-18-7-4-3-6-17(18)24/h3-9H,2,10-16H2,1H3. The fourth-order valence-corrected chi connectivity index (χ4v) is 4.50. The van der Waals surface area contributed by atoms with E-state index >= 15 is 0 Å². The lowest BCUT2D eigenvalue weighted by atomic mass is 10.3. The van der Waals surface area contributed by atoms with Gasteiger partial charge in [-0.3, -0.25) is 14.6 Å². The number of benzene rings is 2. The Morgan fingerprint density at radius 1 is 1.16 bits per heavy atom. The quantitative estimate of drug-likeness (QED) is 0.488. The number of para-hydroxylation sites is 2. The van der Waals surface area contributed by atoms with Crippen LogP contribution in [0.1, 0.15) is 6.92 Å². The van der Waals surface area contributed by atoms with E-state index in [1.165, 1.54) is 23.5 Å². The highest BCUT2D eigenvalue weighted by molar-refractivity contribution is 7.22. The summed E-state index contributed by atoms with van der Waals surface area (Å²) >= 11 is 1.43. The van der Waals surface area contributed by atoms with Crippen molar-refractivity contribution in [3.8, 4) is 11.5 Å². The molecule has 4 rings (SSSR count). The molecule has 0 spiro atoms. The molecule has 1 aliphatic rings. The highest BCUT2D eigenvalue weighted by Gasteiger charge is 2.23. The summed E-state index contributed by atoms with van der Waals surface area (Å²) in [5, 5.41) is 0.572. The van der Waals surface area contributed by atoms with Gasteiger partial charge in [-0.25, -0.2) is 9.37 Å². The van der Waals surface area contributed by atoms with Crippen LogP contribution in [0.3, 0.4) is 0 Å². The van der Waals surface area contributed by atoms with Gasteiger partial charge >= 0.3 is 0 Å². The third-order valence-corrected chi connectivity index (χ3v) is 6.18. The van der Waals surface area contributed by atoms with Gasteiger partial charge in [0, 0.05) is 26.2 Å². The minimum absolute atomic E-state index is 0.0527. The lowest BCUT2D eigenvalue weighted by Crippen LogP contribution is -2.44. The zero-order valence-corrected chi connectivity index (χ0v) is 18.8. The number of thiazole rings is 1. The molecule has 0 bridgehead atoms. The van der Waals surface area contributed by atoms with Gasteiger partial charge in [-0.15, -0.1) is 0 Å². The van der Waals surface area contributed by atoms with Gasteiger partial charge in [0.05, 0.1) is 24.5 Å². The fraction of sp³-hybridized carbons (Fsp3) is 0.391. The van der Waals surface area contributed by atoms with Crippen LogP contribution >= 0.6 is 11.3 Å². The predicted octanol–water partition coefficient (Wildman–Crippen LogP) is 3.58. The van der Waals surface area contributed by atoms with Gasteiger partial charge in [-0.1, -0.05) is 29.5 Å². The van der Waals surface area contributed by atoms with Crippen molar-refractivity contribution in [2.75, 3.05) is 57.5 Å². The molecule has 0 saturated carbocycles. The third-order valence-electron chi connectivity index (χ3n) is 5.13. The normalized spacial score (nSPS) is 14.4. The molecule has 1 fully saturated rings. The number of carbonyl (C=O) groups is 1. The lowest BCUT2D eigenvalue weighted by Gasteiger charge is -2.29. The minimum Gasteiger partial charge on any atom is -0.492 e. The molecule has 1 saturated heterocycles. The van der Waals surface area contributed by atoms with Crippen LogP contribution in [0, 0.1) is 5.82 Å². The molecule has 7 nitrogen and oxygen atoms in total. The van der Waals surface area contributed by atoms with Gasteiger partial charge in [-0.05, 0) is 31.2 Å². The molecule has 0 atom stereocenters. The highest BCUT2D eigenvalue weighted by Crippen LogP contribution is 2.34. The molecule has 1 aliphatic heterocycles. The summed E-state index contributed by atoms with van der Waals surface area (Å²) in [6.45, 7) is 6.31. The van der Waals surface area contributed by atoms with E-state index in [9.17, 15) is 9.18 Å². The second-order valence-corrected chi connectivity index (χ2v) is 8.26. The van der Waals surface area contributed by atoms with Crippen molar-refractivity contribution in [2.45, 2.75) is 6.92 Å². The number of halogens is 1. The summed E-state index contributed by atoms with van der Waals surface area (Å²) in [7, 11) is 0. The Labute approximate surface area is 190 Å². The lowest BCUT2D eigenvalue weighted by molar-refractivity contribution is -0.120. The molecule has 0 N–H and O–H groups in total. The number of hydrogen-bond donors (Lipinski definition) is 0. The van der Waals surface area contributed by atoms with E-state index in [2.05, 4.69) is 4.90 Å². The van der Waals surface area contributed by atoms with E-state index in [-0.39, 0.29) is 18.3 Å². The zero-order valence-electron chi connectivity index (χ0n) is 18.0. The molecule has 9 heteroatoms. The number of anilines is 1. The van der Waals surface area contributed by atoms with Crippen LogP contribution in [-0.2, 0) is 9.53 Å². The monoisotopic (exact) mass is 459 g/mol. The third kappa shape index (κ3) is 5.35. The fourth-order valence-electron chi connectivity index (χ4n) is 3.47. The number of amides is 1. The topological polar surface area (TPSA) is 64.1 Å². The van der Waals surface area contributed by atoms with Gasteiger partial charge < -0.3 is 14.2 Å². The maximum Gasteiger partial charge on any atom is 0.266 e. The van der Waals surface area contributed by atoms with Crippen molar-refractivity contribution < 1.29 is 23.4 Å². The van der Waals surface area contributed by atoms with E-state index in [1.807, 2.05) is 25.1 Å². The number of nitrogens with zero attached hydrogens (tertiary/aromatic N) is 3. The van der Waals surface area contributed by atoms with E-state index in [0.29, 0.717) is 43.8 Å². The van der Waals surface area contributed by atoms with Crippen molar-refractivity contribution in [3.63, 3.8) is 0 Å². The van der Waals surface area contributed by atoms with Gasteiger partial charge in [-0.2, -0.15) is 0 Å². The average molecular weight is 460 g/mol. The van der Waals surface area contributed by atoms with Gasteiger partial charge in [0.25, 0.3) is 5.91 Å². The number of hydrogen-bond acceptors (Lipinski definition) is 7. The van der Waals surface area contributed by atoms with Gasteiger partial charge in [0.15, 0.2) is 23.3 Å². The highest BCUT2D eigenvalue weighted by atomic mass is 32.1. The van der Waals surface area contributed by atoms with Crippen LogP contribution in [0.15, 0.2) is 42.5 Å². The Morgan fingerprint density at radius 3 is 2.72 bits per heavy atom. The number of morpholine rings is 1. The molecule has 0 aliphatic carbocycles. The van der Waals surface area contributed by atoms with E-state index in [0.717, 1.165) is 23.3 Å². The van der Waals surface area contributed by atoms with Crippen molar-refractivity contribution in [3.05, 3.63) is 48.3 Å². The summed E-state index contributed by atoms with van der Waals surface area (Å²) in [6, 6.07) is 11.8. The number of aromatic nitrogens is 1. The summed E-state index contributed by atoms with van der Waals surface area (Å²) in [5.41, 5.74) is 0.730. The molecule has 2 heterocycles. The molecule has 1 amide bonds. The van der Waals surface area contributed by atoms with E-state index < -0.39 is 5.82 Å². The first kappa shape index (κ1) is 22.4. The number of ether oxygens (including phenoxy) is 3. The number of carbonyl (C=O) groups excluding carboxylic acids is 1. The first-order chi connectivity index (χ1) is 15.7.